The number of aromatic nitrogens is 1. The van der Waals surface area contributed by atoms with Crippen LogP contribution in [0.15, 0.2) is 12.1 Å². The lowest BCUT2D eigenvalue weighted by Gasteiger charge is -2.11. The van der Waals surface area contributed by atoms with E-state index in [1.54, 1.807) is 13.2 Å². The summed E-state index contributed by atoms with van der Waals surface area (Å²) in [5.74, 6) is 0.565. The van der Waals surface area contributed by atoms with Gasteiger partial charge in [0.15, 0.2) is 0 Å². The molecule has 0 aliphatic rings. The molecule has 1 atom stereocenters. The molecular formula is C10H13N3O. The van der Waals surface area contributed by atoms with Crippen LogP contribution in [0.3, 0.4) is 0 Å². The zero-order valence-corrected chi connectivity index (χ0v) is 8.32. The molecule has 0 bridgehead atoms. The van der Waals surface area contributed by atoms with Gasteiger partial charge in [0.2, 0.25) is 5.88 Å². The lowest BCUT2D eigenvalue weighted by atomic mass is 10.0. The minimum Gasteiger partial charge on any atom is -0.481 e. The van der Waals surface area contributed by atoms with E-state index in [0.29, 0.717) is 12.3 Å². The van der Waals surface area contributed by atoms with E-state index in [1.807, 2.05) is 19.1 Å². The molecule has 0 saturated heterocycles. The largest absolute Gasteiger partial charge is 0.481 e. The summed E-state index contributed by atoms with van der Waals surface area (Å²) in [4.78, 5) is 4.18. The molecule has 0 aromatic carbocycles. The Balaban J connectivity index is 2.94. The third kappa shape index (κ3) is 2.21. The SMILES string of the molecule is COc1ccc([C@@H](N)CC#N)c(C)n1. The van der Waals surface area contributed by atoms with Gasteiger partial charge in [-0.1, -0.05) is 6.07 Å². The van der Waals surface area contributed by atoms with E-state index in [0.717, 1.165) is 11.3 Å². The maximum Gasteiger partial charge on any atom is 0.213 e. The van der Waals surface area contributed by atoms with Gasteiger partial charge in [0.25, 0.3) is 0 Å². The highest BCUT2D eigenvalue weighted by Gasteiger charge is 2.09. The van der Waals surface area contributed by atoms with Gasteiger partial charge in [0.1, 0.15) is 0 Å². The molecule has 4 nitrogen and oxygen atoms in total. The summed E-state index contributed by atoms with van der Waals surface area (Å²) in [5.41, 5.74) is 7.50. The molecule has 1 aromatic rings. The molecule has 14 heavy (non-hydrogen) atoms. The van der Waals surface area contributed by atoms with Crippen molar-refractivity contribution in [1.29, 1.82) is 5.26 Å². The van der Waals surface area contributed by atoms with Crippen molar-refractivity contribution in [2.45, 2.75) is 19.4 Å². The topological polar surface area (TPSA) is 71.9 Å². The lowest BCUT2D eigenvalue weighted by molar-refractivity contribution is 0.396. The van der Waals surface area contributed by atoms with E-state index in [2.05, 4.69) is 4.98 Å². The minimum absolute atomic E-state index is 0.265. The molecule has 0 radical (unpaired) electrons. The maximum atomic E-state index is 8.51. The Morgan fingerprint density at radius 1 is 1.64 bits per heavy atom. The number of hydrogen-bond donors (Lipinski definition) is 1. The summed E-state index contributed by atoms with van der Waals surface area (Å²) >= 11 is 0. The van der Waals surface area contributed by atoms with Gasteiger partial charge >= 0.3 is 0 Å². The molecule has 74 valence electrons. The molecule has 4 heteroatoms. The molecule has 0 fully saturated rings. The summed E-state index contributed by atoms with van der Waals surface area (Å²) in [6.07, 6.45) is 0.300. The Morgan fingerprint density at radius 2 is 2.36 bits per heavy atom. The number of rotatable bonds is 3. The van der Waals surface area contributed by atoms with Gasteiger partial charge in [-0.3, -0.25) is 0 Å². The third-order valence-electron chi connectivity index (χ3n) is 2.02. The molecule has 0 aliphatic carbocycles. The molecule has 1 rings (SSSR count). The molecule has 0 aliphatic heterocycles. The molecule has 0 amide bonds. The predicted molar refractivity (Wildman–Crippen MR) is 52.7 cm³/mol. The number of ether oxygens (including phenoxy) is 1. The van der Waals surface area contributed by atoms with Crippen molar-refractivity contribution in [3.05, 3.63) is 23.4 Å². The van der Waals surface area contributed by atoms with Gasteiger partial charge in [-0.15, -0.1) is 0 Å². The van der Waals surface area contributed by atoms with Gasteiger partial charge in [-0.25, -0.2) is 4.98 Å². The monoisotopic (exact) mass is 191 g/mol. The highest BCUT2D eigenvalue weighted by Crippen LogP contribution is 2.19. The Kier molecular flexibility index (Phi) is 3.43. The van der Waals surface area contributed by atoms with Crippen LogP contribution in [0.25, 0.3) is 0 Å². The van der Waals surface area contributed by atoms with Crippen molar-refractivity contribution < 1.29 is 4.74 Å². The van der Waals surface area contributed by atoms with E-state index in [4.69, 9.17) is 15.7 Å². The first-order chi connectivity index (χ1) is 6.69. The Morgan fingerprint density at radius 3 is 2.86 bits per heavy atom. The first-order valence-corrected chi connectivity index (χ1v) is 4.33. The fraction of sp³-hybridized carbons (Fsp3) is 0.400. The lowest BCUT2D eigenvalue weighted by Crippen LogP contribution is -2.11. The van der Waals surface area contributed by atoms with Crippen molar-refractivity contribution in [3.8, 4) is 11.9 Å². The summed E-state index contributed by atoms with van der Waals surface area (Å²) in [5, 5.41) is 8.51. The first-order valence-electron chi connectivity index (χ1n) is 4.33. The highest BCUT2D eigenvalue weighted by molar-refractivity contribution is 5.28. The van der Waals surface area contributed by atoms with Crippen LogP contribution in [-0.2, 0) is 0 Å². The second-order valence-electron chi connectivity index (χ2n) is 3.00. The van der Waals surface area contributed by atoms with Gasteiger partial charge in [-0.2, -0.15) is 5.26 Å². The Hall–Kier alpha value is -1.60. The van der Waals surface area contributed by atoms with Crippen LogP contribution in [0.2, 0.25) is 0 Å². The summed E-state index contributed by atoms with van der Waals surface area (Å²) in [6.45, 7) is 1.86. The van der Waals surface area contributed by atoms with Crippen LogP contribution in [0.5, 0.6) is 5.88 Å². The summed E-state index contributed by atoms with van der Waals surface area (Å²) in [6, 6.07) is 5.37. The fourth-order valence-electron chi connectivity index (χ4n) is 1.26. The van der Waals surface area contributed by atoms with Crippen molar-refractivity contribution in [3.63, 3.8) is 0 Å². The minimum atomic E-state index is -0.265. The standard InChI is InChI=1S/C10H13N3O/c1-7-8(9(12)5-6-11)3-4-10(13-7)14-2/h3-4,9H,5,12H2,1-2H3/t9-/m0/s1. The quantitative estimate of drug-likeness (QED) is 0.781. The second kappa shape index (κ2) is 4.58. The molecular weight excluding hydrogens is 178 g/mol. The maximum absolute atomic E-state index is 8.51. The van der Waals surface area contributed by atoms with Crippen LogP contribution in [-0.4, -0.2) is 12.1 Å². The van der Waals surface area contributed by atoms with E-state index in [9.17, 15) is 0 Å². The van der Waals surface area contributed by atoms with E-state index < -0.39 is 0 Å². The normalized spacial score (nSPS) is 11.9. The Bertz CT molecular complexity index is 357. The fourth-order valence-corrected chi connectivity index (χ4v) is 1.26. The van der Waals surface area contributed by atoms with Crippen molar-refractivity contribution in [2.75, 3.05) is 7.11 Å². The second-order valence-corrected chi connectivity index (χ2v) is 3.00. The molecule has 1 heterocycles. The number of nitrogens with zero attached hydrogens (tertiary/aromatic N) is 2. The van der Waals surface area contributed by atoms with Gasteiger partial charge in [0.05, 0.1) is 19.6 Å². The van der Waals surface area contributed by atoms with Crippen molar-refractivity contribution >= 4 is 0 Å². The van der Waals surface area contributed by atoms with Crippen LogP contribution >= 0.6 is 0 Å². The van der Waals surface area contributed by atoms with E-state index in [-0.39, 0.29) is 6.04 Å². The van der Waals surface area contributed by atoms with Crippen LogP contribution < -0.4 is 10.5 Å². The van der Waals surface area contributed by atoms with E-state index in [1.165, 1.54) is 0 Å². The number of nitriles is 1. The number of methoxy groups -OCH3 is 1. The third-order valence-corrected chi connectivity index (χ3v) is 2.02. The number of hydrogen-bond acceptors (Lipinski definition) is 4. The van der Waals surface area contributed by atoms with Gasteiger partial charge in [0, 0.05) is 17.8 Å². The van der Waals surface area contributed by atoms with Gasteiger partial charge in [-0.05, 0) is 12.5 Å². The number of nitrogens with two attached hydrogens (primary N) is 1. The average molecular weight is 191 g/mol. The van der Waals surface area contributed by atoms with E-state index >= 15 is 0 Å². The molecule has 0 unspecified atom stereocenters. The van der Waals surface area contributed by atoms with Crippen LogP contribution in [0.4, 0.5) is 0 Å². The van der Waals surface area contributed by atoms with Crippen molar-refractivity contribution in [2.24, 2.45) is 5.73 Å². The molecule has 2 N–H and O–H groups in total. The van der Waals surface area contributed by atoms with Crippen LogP contribution in [0.1, 0.15) is 23.7 Å². The zero-order valence-electron chi connectivity index (χ0n) is 8.32. The Labute approximate surface area is 83.3 Å². The number of aryl methyl sites for hydroxylation is 1. The first kappa shape index (κ1) is 10.5. The van der Waals surface area contributed by atoms with Crippen LogP contribution in [0, 0.1) is 18.3 Å². The highest BCUT2D eigenvalue weighted by atomic mass is 16.5. The molecule has 1 aromatic heterocycles. The molecule has 0 saturated carbocycles. The smallest absolute Gasteiger partial charge is 0.213 e. The zero-order chi connectivity index (χ0) is 10.6. The average Bonchev–Trinajstić information content (AvgIpc) is 2.17. The molecule has 0 spiro atoms. The number of pyridine rings is 1. The van der Waals surface area contributed by atoms with Gasteiger partial charge < -0.3 is 10.5 Å². The summed E-state index contributed by atoms with van der Waals surface area (Å²) in [7, 11) is 1.57. The predicted octanol–water partition coefficient (Wildman–Crippen LogP) is 1.31. The van der Waals surface area contributed by atoms with Crippen molar-refractivity contribution in [1.82, 2.24) is 4.98 Å². The summed E-state index contributed by atoms with van der Waals surface area (Å²) < 4.78 is 4.97.